The summed E-state index contributed by atoms with van der Waals surface area (Å²) in [6.45, 7) is 0.841. The number of aromatic nitrogens is 1. The van der Waals surface area contributed by atoms with E-state index >= 15 is 0 Å². The van der Waals surface area contributed by atoms with Crippen LogP contribution in [-0.4, -0.2) is 64.9 Å². The third-order valence-corrected chi connectivity index (χ3v) is 7.47. The van der Waals surface area contributed by atoms with Crippen molar-refractivity contribution in [2.45, 2.75) is 69.5 Å². The molecule has 3 aromatic rings. The molecule has 1 aliphatic heterocycles. The van der Waals surface area contributed by atoms with Gasteiger partial charge in [0.1, 0.15) is 23.9 Å². The molecular weight excluding hydrogens is 536 g/mol. The van der Waals surface area contributed by atoms with Crippen LogP contribution in [0.3, 0.4) is 0 Å². The number of carbonyl (C=O) groups excluding carboxylic acids is 4. The fourth-order valence-corrected chi connectivity index (χ4v) is 5.12. The molecule has 42 heavy (non-hydrogen) atoms. The molecule has 2 aromatic carbocycles. The summed E-state index contributed by atoms with van der Waals surface area (Å²) in [6, 6.07) is 11.3. The molecule has 0 saturated carbocycles. The maximum absolute atomic E-state index is 13.8. The summed E-state index contributed by atoms with van der Waals surface area (Å²) in [4.78, 5) is 56.5. The number of nitrogens with one attached hydrogen (secondary N) is 5. The van der Waals surface area contributed by atoms with E-state index in [4.69, 9.17) is 5.73 Å². The summed E-state index contributed by atoms with van der Waals surface area (Å²) in [7, 11) is 0. The number of amides is 4. The summed E-state index contributed by atoms with van der Waals surface area (Å²) < 4.78 is 0. The standard InChI is InChI=1S/C31H40N6O5/c32-15-5-3-9-25-29(40)33-16-6-4-10-28(39)35-26(17-20-11-13-22(38)14-12-20)30(41)37-27(31(42)36-25)18-21-19-34-24-8-2-1-7-23(21)24/h1-2,7-8,11-14,19,25-27,34,38H,3-6,9-10,15-18,32H2,(H,33,40)(H,35,39)(H,36,42)(H,37,41)/t25?,26-,27?/m0/s1. The van der Waals surface area contributed by atoms with Gasteiger partial charge in [-0.15, -0.1) is 0 Å². The average molecular weight is 577 g/mol. The molecule has 8 N–H and O–H groups in total. The zero-order chi connectivity index (χ0) is 29.9. The molecule has 0 aliphatic carbocycles. The van der Waals surface area contributed by atoms with Crippen molar-refractivity contribution in [3.63, 3.8) is 0 Å². The van der Waals surface area contributed by atoms with Crippen LogP contribution in [0, 0.1) is 0 Å². The van der Waals surface area contributed by atoms with Crippen LogP contribution < -0.4 is 27.0 Å². The number of phenolic OH excluding ortho intramolecular Hbond substituents is 1. The Labute approximate surface area is 245 Å². The second kappa shape index (κ2) is 15.0. The van der Waals surface area contributed by atoms with E-state index in [1.807, 2.05) is 24.3 Å². The zero-order valence-electron chi connectivity index (χ0n) is 23.7. The van der Waals surface area contributed by atoms with E-state index in [0.717, 1.165) is 22.0 Å². The maximum atomic E-state index is 13.8. The molecular formula is C31H40N6O5. The number of unbranched alkanes of at least 4 members (excludes halogenated alkanes) is 1. The molecule has 11 heteroatoms. The lowest BCUT2D eigenvalue weighted by atomic mass is 10.0. The second-order valence-electron chi connectivity index (χ2n) is 10.7. The van der Waals surface area contributed by atoms with Crippen molar-refractivity contribution >= 4 is 34.5 Å². The molecule has 1 fully saturated rings. The number of aromatic amines is 1. The lowest BCUT2D eigenvalue weighted by Crippen LogP contribution is -2.57. The minimum absolute atomic E-state index is 0.0916. The molecule has 0 spiro atoms. The Hall–Kier alpha value is -4.38. The van der Waals surface area contributed by atoms with Crippen LogP contribution in [0.4, 0.5) is 0 Å². The number of carbonyl (C=O) groups is 4. The molecule has 224 valence electrons. The second-order valence-corrected chi connectivity index (χ2v) is 10.7. The van der Waals surface area contributed by atoms with Crippen LogP contribution in [0.5, 0.6) is 5.75 Å². The smallest absolute Gasteiger partial charge is 0.243 e. The van der Waals surface area contributed by atoms with Gasteiger partial charge in [-0.3, -0.25) is 19.2 Å². The van der Waals surface area contributed by atoms with Gasteiger partial charge >= 0.3 is 0 Å². The van der Waals surface area contributed by atoms with Crippen molar-refractivity contribution in [1.29, 1.82) is 0 Å². The highest BCUT2D eigenvalue weighted by Crippen LogP contribution is 2.20. The van der Waals surface area contributed by atoms with Crippen molar-refractivity contribution in [3.05, 3.63) is 65.9 Å². The highest BCUT2D eigenvalue weighted by Gasteiger charge is 2.30. The number of benzene rings is 2. The van der Waals surface area contributed by atoms with Crippen molar-refractivity contribution < 1.29 is 24.3 Å². The first kappa shape index (κ1) is 30.6. The topological polar surface area (TPSA) is 178 Å². The maximum Gasteiger partial charge on any atom is 0.243 e. The Bertz CT molecular complexity index is 1370. The average Bonchev–Trinajstić information content (AvgIpc) is 3.39. The number of nitrogens with two attached hydrogens (primary N) is 1. The van der Waals surface area contributed by atoms with Crippen LogP contribution >= 0.6 is 0 Å². The van der Waals surface area contributed by atoms with Crippen LogP contribution in [0.25, 0.3) is 10.9 Å². The Balaban J connectivity index is 1.64. The molecule has 1 aromatic heterocycles. The predicted molar refractivity (Wildman–Crippen MR) is 159 cm³/mol. The summed E-state index contributed by atoms with van der Waals surface area (Å²) in [6.07, 6.45) is 5.19. The van der Waals surface area contributed by atoms with E-state index in [1.165, 1.54) is 12.1 Å². The van der Waals surface area contributed by atoms with Gasteiger partial charge in [0, 0.05) is 42.9 Å². The molecule has 2 unspecified atom stereocenters. The van der Waals surface area contributed by atoms with Gasteiger partial charge in [0.25, 0.3) is 0 Å². The first-order chi connectivity index (χ1) is 20.3. The van der Waals surface area contributed by atoms with Gasteiger partial charge in [0.2, 0.25) is 23.6 Å². The quantitative estimate of drug-likeness (QED) is 0.200. The number of rotatable bonds is 8. The van der Waals surface area contributed by atoms with Gasteiger partial charge < -0.3 is 37.1 Å². The Morgan fingerprint density at radius 1 is 0.786 bits per heavy atom. The third-order valence-electron chi connectivity index (χ3n) is 7.47. The molecule has 0 radical (unpaired) electrons. The lowest BCUT2D eigenvalue weighted by Gasteiger charge is -2.25. The molecule has 11 nitrogen and oxygen atoms in total. The summed E-state index contributed by atoms with van der Waals surface area (Å²) >= 11 is 0. The first-order valence-electron chi connectivity index (χ1n) is 14.5. The number of fused-ring (bicyclic) bond motifs is 1. The summed E-state index contributed by atoms with van der Waals surface area (Å²) in [5.74, 6) is -1.52. The van der Waals surface area contributed by atoms with E-state index in [1.54, 1.807) is 18.3 Å². The Morgan fingerprint density at radius 3 is 2.26 bits per heavy atom. The fourth-order valence-electron chi connectivity index (χ4n) is 5.12. The predicted octanol–water partition coefficient (Wildman–Crippen LogP) is 1.54. The van der Waals surface area contributed by atoms with E-state index in [-0.39, 0.29) is 36.8 Å². The van der Waals surface area contributed by atoms with E-state index in [2.05, 4.69) is 26.3 Å². The van der Waals surface area contributed by atoms with Gasteiger partial charge in [-0.1, -0.05) is 30.3 Å². The molecule has 2 heterocycles. The van der Waals surface area contributed by atoms with Gasteiger partial charge in [-0.05, 0) is 68.0 Å². The summed E-state index contributed by atoms with van der Waals surface area (Å²) in [5.41, 5.74) is 8.11. The third kappa shape index (κ3) is 8.56. The largest absolute Gasteiger partial charge is 0.508 e. The van der Waals surface area contributed by atoms with Crippen LogP contribution in [0.15, 0.2) is 54.7 Å². The number of para-hydroxylation sites is 1. The first-order valence-corrected chi connectivity index (χ1v) is 14.5. The Kier molecular flexibility index (Phi) is 10.9. The lowest BCUT2D eigenvalue weighted by molar-refractivity contribution is -0.133. The van der Waals surface area contributed by atoms with Crippen molar-refractivity contribution in [2.75, 3.05) is 13.1 Å². The van der Waals surface area contributed by atoms with Gasteiger partial charge in [0.15, 0.2) is 0 Å². The SMILES string of the molecule is NCCCCC1NC(=O)C(Cc2c[nH]c3ccccc23)NC(=O)[C@H](Cc2ccc(O)cc2)NC(=O)CCCCNC1=O. The minimum atomic E-state index is -1.02. The van der Waals surface area contributed by atoms with Crippen LogP contribution in [0.2, 0.25) is 0 Å². The van der Waals surface area contributed by atoms with Crippen molar-refractivity contribution in [2.24, 2.45) is 5.73 Å². The molecule has 1 aliphatic rings. The molecule has 4 rings (SSSR count). The number of hydrogen-bond acceptors (Lipinski definition) is 6. The van der Waals surface area contributed by atoms with Gasteiger partial charge in [-0.2, -0.15) is 0 Å². The molecule has 4 amide bonds. The molecule has 1 saturated heterocycles. The zero-order valence-corrected chi connectivity index (χ0v) is 23.7. The number of phenols is 1. The van der Waals surface area contributed by atoms with E-state index in [0.29, 0.717) is 45.2 Å². The molecule has 0 bridgehead atoms. The summed E-state index contributed by atoms with van der Waals surface area (Å²) in [5, 5.41) is 22.0. The Morgan fingerprint density at radius 2 is 1.50 bits per heavy atom. The highest BCUT2D eigenvalue weighted by molar-refractivity contribution is 5.95. The van der Waals surface area contributed by atoms with E-state index in [9.17, 15) is 24.3 Å². The monoisotopic (exact) mass is 576 g/mol. The van der Waals surface area contributed by atoms with Crippen molar-refractivity contribution in [3.8, 4) is 5.75 Å². The van der Waals surface area contributed by atoms with E-state index < -0.39 is 29.9 Å². The van der Waals surface area contributed by atoms with Crippen molar-refractivity contribution in [1.82, 2.24) is 26.3 Å². The normalized spacial score (nSPS) is 21.0. The van der Waals surface area contributed by atoms with Gasteiger partial charge in [-0.25, -0.2) is 0 Å². The minimum Gasteiger partial charge on any atom is -0.508 e. The number of H-pyrrole nitrogens is 1. The fraction of sp³-hybridized carbons (Fsp3) is 0.419. The van der Waals surface area contributed by atoms with Crippen LogP contribution in [0.1, 0.15) is 49.7 Å². The van der Waals surface area contributed by atoms with Gasteiger partial charge in [0.05, 0.1) is 0 Å². The molecule has 3 atom stereocenters. The van der Waals surface area contributed by atoms with Crippen LogP contribution in [-0.2, 0) is 32.0 Å². The highest BCUT2D eigenvalue weighted by atomic mass is 16.3. The number of hydrogen-bond donors (Lipinski definition) is 7. The number of aromatic hydroxyl groups is 1.